The van der Waals surface area contributed by atoms with E-state index in [-0.39, 0.29) is 11.7 Å². The fraction of sp³-hybridized carbons (Fsp3) is 0.333. The molecule has 0 saturated heterocycles. The van der Waals surface area contributed by atoms with Crippen LogP contribution in [0.2, 0.25) is 5.02 Å². The Labute approximate surface area is 211 Å². The summed E-state index contributed by atoms with van der Waals surface area (Å²) >= 11 is 8.59. The predicted octanol–water partition coefficient (Wildman–Crippen LogP) is 6.02. The second-order valence-corrected chi connectivity index (χ2v) is 10.2. The van der Waals surface area contributed by atoms with Crippen LogP contribution in [0.5, 0.6) is 0 Å². The second kappa shape index (κ2) is 11.2. The molecule has 34 heavy (non-hydrogen) atoms. The normalized spacial score (nSPS) is 13.7. The molecular formula is C24H25ClN4O3S2. The topological polar surface area (TPSA) is 86.1 Å². The number of carbonyl (C=O) groups excluding carboxylic acids is 2. The van der Waals surface area contributed by atoms with E-state index in [4.69, 9.17) is 16.3 Å². The number of thioether (sulfide) groups is 1. The second-order valence-electron chi connectivity index (χ2n) is 7.91. The van der Waals surface area contributed by atoms with E-state index >= 15 is 0 Å². The molecule has 3 aromatic rings. The molecule has 0 radical (unpaired) electrons. The number of halogens is 1. The number of benzene rings is 1. The Hall–Kier alpha value is -2.62. The van der Waals surface area contributed by atoms with Crippen molar-refractivity contribution in [3.8, 4) is 11.1 Å². The van der Waals surface area contributed by atoms with Gasteiger partial charge in [-0.15, -0.1) is 28.1 Å². The van der Waals surface area contributed by atoms with Crippen LogP contribution in [-0.4, -0.2) is 39.5 Å². The molecule has 0 unspecified atom stereocenters. The van der Waals surface area contributed by atoms with Crippen LogP contribution in [0.3, 0.4) is 0 Å². The summed E-state index contributed by atoms with van der Waals surface area (Å²) < 4.78 is 7.03. The van der Waals surface area contributed by atoms with Crippen LogP contribution in [0.25, 0.3) is 11.1 Å². The minimum absolute atomic E-state index is 0.134. The number of hydrogen-bond acceptors (Lipinski definition) is 7. The highest BCUT2D eigenvalue weighted by molar-refractivity contribution is 7.99. The average molecular weight is 517 g/mol. The van der Waals surface area contributed by atoms with Crippen LogP contribution in [-0.2, 0) is 16.1 Å². The summed E-state index contributed by atoms with van der Waals surface area (Å²) in [6, 6.07) is 7.16. The molecule has 1 aromatic carbocycles. The van der Waals surface area contributed by atoms with Gasteiger partial charge in [0, 0.05) is 28.4 Å². The minimum atomic E-state index is -0.513. The standard InChI is InChI=1S/C24H25ClN4O3S2/c1-3-12-29-21(16-6-4-5-7-16)27-28-24(29)34-14-19(30)26-22-20(23(31)32-2)18(13-33-22)15-8-10-17(25)11-9-15/h3,8-11,13,16H,1,4-7,12,14H2,2H3,(H,26,30). The number of allylic oxidation sites excluding steroid dienone is 1. The van der Waals surface area contributed by atoms with E-state index in [9.17, 15) is 9.59 Å². The molecular weight excluding hydrogens is 492 g/mol. The highest BCUT2D eigenvalue weighted by atomic mass is 35.5. The molecule has 1 N–H and O–H groups in total. The number of thiophene rings is 1. The van der Waals surface area contributed by atoms with Crippen molar-refractivity contribution >= 4 is 51.6 Å². The van der Waals surface area contributed by atoms with E-state index in [2.05, 4.69) is 22.1 Å². The molecule has 10 heteroatoms. The van der Waals surface area contributed by atoms with Crippen LogP contribution >= 0.6 is 34.7 Å². The van der Waals surface area contributed by atoms with Gasteiger partial charge in [0.2, 0.25) is 5.91 Å². The maximum Gasteiger partial charge on any atom is 0.341 e. The van der Waals surface area contributed by atoms with Crippen LogP contribution < -0.4 is 5.32 Å². The number of amides is 1. The van der Waals surface area contributed by atoms with Gasteiger partial charge in [-0.2, -0.15) is 0 Å². The lowest BCUT2D eigenvalue weighted by atomic mass is 10.0. The van der Waals surface area contributed by atoms with Crippen molar-refractivity contribution in [2.24, 2.45) is 0 Å². The van der Waals surface area contributed by atoms with Gasteiger partial charge in [-0.05, 0) is 30.5 Å². The summed E-state index contributed by atoms with van der Waals surface area (Å²) in [6.45, 7) is 4.45. The van der Waals surface area contributed by atoms with Crippen molar-refractivity contribution < 1.29 is 14.3 Å². The molecule has 1 aliphatic rings. The van der Waals surface area contributed by atoms with Gasteiger partial charge in [0.15, 0.2) is 5.16 Å². The van der Waals surface area contributed by atoms with Crippen LogP contribution in [0.15, 0.2) is 47.5 Å². The molecule has 1 saturated carbocycles. The van der Waals surface area contributed by atoms with Crippen molar-refractivity contribution in [2.75, 3.05) is 18.2 Å². The number of nitrogens with zero attached hydrogens (tertiary/aromatic N) is 3. The highest BCUT2D eigenvalue weighted by Crippen LogP contribution is 2.37. The summed E-state index contributed by atoms with van der Waals surface area (Å²) in [5.74, 6) is 0.764. The first-order chi connectivity index (χ1) is 16.5. The summed E-state index contributed by atoms with van der Waals surface area (Å²) in [5.41, 5.74) is 1.82. The fourth-order valence-electron chi connectivity index (χ4n) is 4.08. The third kappa shape index (κ3) is 5.37. The largest absolute Gasteiger partial charge is 0.465 e. The number of hydrogen-bond donors (Lipinski definition) is 1. The van der Waals surface area contributed by atoms with Crippen LogP contribution in [0, 0.1) is 0 Å². The fourth-order valence-corrected chi connectivity index (χ4v) is 5.94. The zero-order valence-electron chi connectivity index (χ0n) is 18.8. The summed E-state index contributed by atoms with van der Waals surface area (Å²) in [4.78, 5) is 25.3. The Kier molecular flexibility index (Phi) is 8.07. The number of ether oxygens (including phenoxy) is 1. The molecule has 4 rings (SSSR count). The number of aromatic nitrogens is 3. The Bertz CT molecular complexity index is 1180. The van der Waals surface area contributed by atoms with E-state index in [0.717, 1.165) is 24.2 Å². The SMILES string of the molecule is C=CCn1c(SCC(=O)Nc2scc(-c3ccc(Cl)cc3)c2C(=O)OC)nnc1C1CCCC1. The number of esters is 1. The zero-order chi connectivity index (χ0) is 24.1. The lowest BCUT2D eigenvalue weighted by Gasteiger charge is -2.12. The minimum Gasteiger partial charge on any atom is -0.465 e. The number of rotatable bonds is 9. The third-order valence-corrected chi connectivity index (χ3v) is 7.81. The maximum atomic E-state index is 12.8. The molecule has 0 spiro atoms. The Morgan fingerprint density at radius 3 is 2.71 bits per heavy atom. The van der Waals surface area contributed by atoms with Crippen LogP contribution in [0.1, 0.15) is 47.8 Å². The Morgan fingerprint density at radius 1 is 1.29 bits per heavy atom. The smallest absolute Gasteiger partial charge is 0.341 e. The van der Waals surface area contributed by atoms with Gasteiger partial charge in [0.25, 0.3) is 0 Å². The number of methoxy groups -OCH3 is 1. The number of anilines is 1. The van der Waals surface area contributed by atoms with Crippen molar-refractivity contribution in [1.29, 1.82) is 0 Å². The maximum absolute atomic E-state index is 12.8. The van der Waals surface area contributed by atoms with Gasteiger partial charge < -0.3 is 14.6 Å². The van der Waals surface area contributed by atoms with Crippen molar-refractivity contribution in [2.45, 2.75) is 43.3 Å². The lowest BCUT2D eigenvalue weighted by molar-refractivity contribution is -0.113. The molecule has 7 nitrogen and oxygen atoms in total. The van der Waals surface area contributed by atoms with Crippen molar-refractivity contribution in [1.82, 2.24) is 14.8 Å². The van der Waals surface area contributed by atoms with Gasteiger partial charge in [-0.25, -0.2) is 4.79 Å². The van der Waals surface area contributed by atoms with Gasteiger partial charge in [-0.1, -0.05) is 54.4 Å². The van der Waals surface area contributed by atoms with E-state index in [1.807, 2.05) is 28.2 Å². The van der Waals surface area contributed by atoms with Gasteiger partial charge in [0.1, 0.15) is 16.4 Å². The number of nitrogens with one attached hydrogen (secondary N) is 1. The van der Waals surface area contributed by atoms with E-state index in [1.54, 1.807) is 12.1 Å². The lowest BCUT2D eigenvalue weighted by Crippen LogP contribution is -2.16. The highest BCUT2D eigenvalue weighted by Gasteiger charge is 2.25. The third-order valence-electron chi connectivity index (χ3n) is 5.70. The first-order valence-corrected chi connectivity index (χ1v) is 13.2. The molecule has 0 atom stereocenters. The summed E-state index contributed by atoms with van der Waals surface area (Å²) in [6.07, 6.45) is 6.46. The van der Waals surface area contributed by atoms with E-state index in [0.29, 0.717) is 38.8 Å². The first kappa shape index (κ1) is 24.5. The summed E-state index contributed by atoms with van der Waals surface area (Å²) in [5, 5.41) is 15.2. The molecule has 1 amide bonds. The van der Waals surface area contributed by atoms with Gasteiger partial charge in [0.05, 0.1) is 12.9 Å². The predicted molar refractivity (Wildman–Crippen MR) is 137 cm³/mol. The first-order valence-electron chi connectivity index (χ1n) is 10.9. The van der Waals surface area contributed by atoms with Crippen molar-refractivity contribution in [3.05, 3.63) is 58.7 Å². The van der Waals surface area contributed by atoms with Gasteiger partial charge >= 0.3 is 5.97 Å². The average Bonchev–Trinajstić information content (AvgIpc) is 3.58. The molecule has 0 aliphatic heterocycles. The van der Waals surface area contributed by atoms with E-state index < -0.39 is 5.97 Å². The summed E-state index contributed by atoms with van der Waals surface area (Å²) in [7, 11) is 1.32. The van der Waals surface area contributed by atoms with Crippen LogP contribution in [0.4, 0.5) is 5.00 Å². The molecule has 1 fully saturated rings. The molecule has 1 aliphatic carbocycles. The Morgan fingerprint density at radius 2 is 2.03 bits per heavy atom. The molecule has 2 heterocycles. The Balaban J connectivity index is 1.49. The monoisotopic (exact) mass is 516 g/mol. The molecule has 2 aromatic heterocycles. The van der Waals surface area contributed by atoms with Crippen molar-refractivity contribution in [3.63, 3.8) is 0 Å². The zero-order valence-corrected chi connectivity index (χ0v) is 21.1. The molecule has 0 bridgehead atoms. The van der Waals surface area contributed by atoms with E-state index in [1.165, 1.54) is 43.1 Å². The van der Waals surface area contributed by atoms with Gasteiger partial charge in [-0.3, -0.25) is 4.79 Å². The molecule has 178 valence electrons. The quantitative estimate of drug-likeness (QED) is 0.212. The number of carbonyl (C=O) groups is 2.